The third-order valence-electron chi connectivity index (χ3n) is 2.03. The van der Waals surface area contributed by atoms with Crippen LogP contribution in [0.2, 0.25) is 0 Å². The largest absolute Gasteiger partial charge is 0.349 e. The molecule has 0 bridgehead atoms. The van der Waals surface area contributed by atoms with Gasteiger partial charge in [0.2, 0.25) is 6.29 Å². The molecule has 1 atom stereocenters. The lowest BCUT2D eigenvalue weighted by molar-refractivity contribution is -0.398. The molecule has 0 spiro atoms. The highest BCUT2D eigenvalue weighted by Crippen LogP contribution is 2.21. The first-order valence-electron chi connectivity index (χ1n) is 5.55. The van der Waals surface area contributed by atoms with Crippen LogP contribution in [0.4, 0.5) is 0 Å². The summed E-state index contributed by atoms with van der Waals surface area (Å²) in [4.78, 5) is 10.5. The van der Waals surface area contributed by atoms with Crippen LogP contribution in [-0.2, 0) is 14.5 Å². The van der Waals surface area contributed by atoms with Crippen LogP contribution in [0.1, 0.15) is 26.3 Å². The van der Waals surface area contributed by atoms with Crippen molar-refractivity contribution in [2.24, 2.45) is 0 Å². The van der Waals surface area contributed by atoms with E-state index in [1.54, 1.807) is 7.11 Å². The minimum Gasteiger partial charge on any atom is -0.349 e. The normalized spacial score (nSPS) is 13.4. The maximum Gasteiger partial charge on any atom is 0.217 e. The van der Waals surface area contributed by atoms with Crippen molar-refractivity contribution in [3.8, 4) is 0 Å². The quantitative estimate of drug-likeness (QED) is 0.445. The van der Waals surface area contributed by atoms with Crippen molar-refractivity contribution in [3.05, 3.63) is 42.5 Å². The molecule has 1 aromatic carbocycles. The van der Waals surface area contributed by atoms with Crippen LogP contribution in [0.3, 0.4) is 0 Å². The topological polar surface area (TPSA) is 27.7 Å². The summed E-state index contributed by atoms with van der Waals surface area (Å²) in [5.74, 6) is 0. The lowest BCUT2D eigenvalue weighted by Crippen LogP contribution is -2.26. The minimum absolute atomic E-state index is 0.381. The van der Waals surface area contributed by atoms with Crippen molar-refractivity contribution in [2.75, 3.05) is 7.11 Å². The standard InChI is InChI=1S/C14H20O3/c1-11(12-9-7-6-8-10-12)13(15-5)16-17-14(2,3)4/h6-10,13H,1H2,2-5H3. The summed E-state index contributed by atoms with van der Waals surface area (Å²) in [5.41, 5.74) is 1.32. The number of benzene rings is 1. The number of rotatable bonds is 5. The fraction of sp³-hybridized carbons (Fsp3) is 0.429. The Morgan fingerprint density at radius 3 is 2.24 bits per heavy atom. The molecule has 1 aromatic rings. The maximum absolute atomic E-state index is 5.25. The van der Waals surface area contributed by atoms with Gasteiger partial charge >= 0.3 is 0 Å². The molecule has 0 aliphatic carbocycles. The van der Waals surface area contributed by atoms with E-state index in [9.17, 15) is 0 Å². The predicted octanol–water partition coefficient (Wildman–Crippen LogP) is 3.42. The molecule has 0 fully saturated rings. The van der Waals surface area contributed by atoms with Crippen molar-refractivity contribution < 1.29 is 14.5 Å². The van der Waals surface area contributed by atoms with Gasteiger partial charge in [-0.3, -0.25) is 0 Å². The molecule has 0 saturated heterocycles. The van der Waals surface area contributed by atoms with Gasteiger partial charge in [0.1, 0.15) is 0 Å². The molecule has 0 amide bonds. The highest BCUT2D eigenvalue weighted by Gasteiger charge is 2.19. The number of hydrogen-bond donors (Lipinski definition) is 0. The molecule has 1 rings (SSSR count). The monoisotopic (exact) mass is 236 g/mol. The second-order valence-electron chi connectivity index (χ2n) is 4.75. The first kappa shape index (κ1) is 13.9. The molecule has 0 aliphatic heterocycles. The average molecular weight is 236 g/mol. The van der Waals surface area contributed by atoms with Crippen LogP contribution in [0, 0.1) is 0 Å². The molecule has 0 aliphatic rings. The highest BCUT2D eigenvalue weighted by atomic mass is 17.2. The van der Waals surface area contributed by atoms with Gasteiger partial charge in [-0.05, 0) is 26.3 Å². The summed E-state index contributed by atoms with van der Waals surface area (Å²) in [7, 11) is 1.56. The molecule has 0 heterocycles. The number of ether oxygens (including phenoxy) is 1. The third-order valence-corrected chi connectivity index (χ3v) is 2.03. The summed E-state index contributed by atoms with van der Waals surface area (Å²) < 4.78 is 5.22. The molecular formula is C14H20O3. The zero-order chi connectivity index (χ0) is 12.9. The van der Waals surface area contributed by atoms with Crippen LogP contribution in [-0.4, -0.2) is 19.0 Å². The van der Waals surface area contributed by atoms with Crippen LogP contribution >= 0.6 is 0 Å². The first-order chi connectivity index (χ1) is 7.94. The van der Waals surface area contributed by atoms with Gasteiger partial charge < -0.3 is 4.74 Å². The van der Waals surface area contributed by atoms with Crippen LogP contribution in [0.5, 0.6) is 0 Å². The predicted molar refractivity (Wildman–Crippen MR) is 68.2 cm³/mol. The molecule has 0 N–H and O–H groups in total. The Bertz CT molecular complexity index is 351. The van der Waals surface area contributed by atoms with Crippen LogP contribution in [0.25, 0.3) is 5.57 Å². The van der Waals surface area contributed by atoms with Gasteiger partial charge in [-0.25, -0.2) is 4.89 Å². The van der Waals surface area contributed by atoms with Crippen LogP contribution < -0.4 is 0 Å². The van der Waals surface area contributed by atoms with Gasteiger partial charge in [0.25, 0.3) is 0 Å². The number of hydrogen-bond acceptors (Lipinski definition) is 3. The Balaban J connectivity index is 2.65. The fourth-order valence-corrected chi connectivity index (χ4v) is 1.22. The zero-order valence-electron chi connectivity index (χ0n) is 10.9. The fourth-order valence-electron chi connectivity index (χ4n) is 1.22. The van der Waals surface area contributed by atoms with Gasteiger partial charge in [0, 0.05) is 12.7 Å². The van der Waals surface area contributed by atoms with E-state index < -0.39 is 6.29 Å². The molecule has 3 nitrogen and oxygen atoms in total. The van der Waals surface area contributed by atoms with Gasteiger partial charge in [-0.15, -0.1) is 0 Å². The van der Waals surface area contributed by atoms with Crippen molar-refractivity contribution >= 4 is 5.57 Å². The molecule has 94 valence electrons. The lowest BCUT2D eigenvalue weighted by Gasteiger charge is -2.23. The van der Waals surface area contributed by atoms with E-state index in [-0.39, 0.29) is 5.60 Å². The molecule has 1 unspecified atom stereocenters. The molecule has 17 heavy (non-hydrogen) atoms. The van der Waals surface area contributed by atoms with Crippen molar-refractivity contribution in [2.45, 2.75) is 32.7 Å². The van der Waals surface area contributed by atoms with Crippen molar-refractivity contribution in [3.63, 3.8) is 0 Å². The summed E-state index contributed by atoms with van der Waals surface area (Å²) >= 11 is 0. The van der Waals surface area contributed by atoms with Gasteiger partial charge in [-0.1, -0.05) is 36.9 Å². The van der Waals surface area contributed by atoms with Gasteiger partial charge in [0.05, 0.1) is 5.60 Å². The first-order valence-corrected chi connectivity index (χ1v) is 5.55. The molecular weight excluding hydrogens is 216 g/mol. The Labute approximate surface area is 103 Å². The highest BCUT2D eigenvalue weighted by molar-refractivity contribution is 5.65. The Hall–Kier alpha value is -1.16. The van der Waals surface area contributed by atoms with Gasteiger partial charge in [-0.2, -0.15) is 4.89 Å². The minimum atomic E-state index is -0.600. The molecule has 0 aromatic heterocycles. The second-order valence-corrected chi connectivity index (χ2v) is 4.75. The summed E-state index contributed by atoms with van der Waals surface area (Å²) in [6, 6.07) is 9.74. The van der Waals surface area contributed by atoms with Crippen molar-refractivity contribution in [1.29, 1.82) is 0 Å². The Kier molecular flexibility index (Phi) is 4.87. The number of methoxy groups -OCH3 is 1. The van der Waals surface area contributed by atoms with Crippen LogP contribution in [0.15, 0.2) is 36.9 Å². The SMILES string of the molecule is C=C(c1ccccc1)C(OC)OOC(C)(C)C. The van der Waals surface area contributed by atoms with Gasteiger partial charge in [0.15, 0.2) is 0 Å². The van der Waals surface area contributed by atoms with E-state index in [1.807, 2.05) is 51.1 Å². The smallest absolute Gasteiger partial charge is 0.217 e. The van der Waals surface area contributed by atoms with E-state index in [4.69, 9.17) is 14.5 Å². The van der Waals surface area contributed by atoms with Crippen molar-refractivity contribution in [1.82, 2.24) is 0 Å². The molecule has 3 heteroatoms. The Morgan fingerprint density at radius 2 is 1.76 bits per heavy atom. The Morgan fingerprint density at radius 1 is 1.18 bits per heavy atom. The van der Waals surface area contributed by atoms with E-state index in [1.165, 1.54) is 0 Å². The maximum atomic E-state index is 5.25. The van der Waals surface area contributed by atoms with E-state index in [0.29, 0.717) is 0 Å². The summed E-state index contributed by atoms with van der Waals surface area (Å²) in [5, 5.41) is 0. The third kappa shape index (κ3) is 4.69. The zero-order valence-corrected chi connectivity index (χ0v) is 10.9. The summed E-state index contributed by atoms with van der Waals surface area (Å²) in [6.45, 7) is 9.69. The second kappa shape index (κ2) is 5.96. The average Bonchev–Trinajstić information content (AvgIpc) is 2.29. The van der Waals surface area contributed by atoms with E-state index in [2.05, 4.69) is 6.58 Å². The molecule has 0 saturated carbocycles. The van der Waals surface area contributed by atoms with E-state index in [0.717, 1.165) is 11.1 Å². The van der Waals surface area contributed by atoms with E-state index >= 15 is 0 Å². The summed E-state index contributed by atoms with van der Waals surface area (Å²) in [6.07, 6.45) is -0.600. The molecule has 0 radical (unpaired) electrons. The lowest BCUT2D eigenvalue weighted by atomic mass is 10.1.